The molecule has 25 heavy (non-hydrogen) atoms. The van der Waals surface area contributed by atoms with Gasteiger partial charge in [-0.3, -0.25) is 9.59 Å². The van der Waals surface area contributed by atoms with Crippen LogP contribution in [0.5, 0.6) is 0 Å². The van der Waals surface area contributed by atoms with Crippen molar-refractivity contribution in [2.24, 2.45) is 0 Å². The Kier molecular flexibility index (Phi) is 5.05. The van der Waals surface area contributed by atoms with Gasteiger partial charge in [-0.2, -0.15) is 0 Å². The molecule has 0 saturated heterocycles. The van der Waals surface area contributed by atoms with Gasteiger partial charge in [-0.25, -0.2) is 0 Å². The third kappa shape index (κ3) is 4.01. The molecule has 0 radical (unpaired) electrons. The Morgan fingerprint density at radius 3 is 1.88 bits per heavy atom. The molecule has 1 N–H and O–H groups in total. The summed E-state index contributed by atoms with van der Waals surface area (Å²) in [6, 6.07) is 24.5. The molecule has 0 bridgehead atoms. The molecule has 0 fully saturated rings. The maximum absolute atomic E-state index is 12.4. The molecule has 0 unspecified atom stereocenters. The van der Waals surface area contributed by atoms with Gasteiger partial charge in [0.15, 0.2) is 5.78 Å². The third-order valence-electron chi connectivity index (χ3n) is 4.04. The number of carbonyl (C=O) groups is 2. The number of rotatable bonds is 5. The molecule has 3 rings (SSSR count). The van der Waals surface area contributed by atoms with Crippen LogP contribution in [0.1, 0.15) is 34.1 Å². The lowest BCUT2D eigenvalue weighted by Gasteiger charge is -2.07. The number of hydrogen-bond donors (Lipinski definition) is 1. The molecule has 0 atom stereocenters. The van der Waals surface area contributed by atoms with Crippen LogP contribution in [-0.4, -0.2) is 11.7 Å². The van der Waals surface area contributed by atoms with Crippen molar-refractivity contribution in [3.05, 3.63) is 90.0 Å². The third-order valence-corrected chi connectivity index (χ3v) is 4.04. The molecule has 1 amide bonds. The number of Topliss-reactive ketones (excluding diaryl/α,β-unsaturated/α-hetero) is 1. The number of carbonyl (C=O) groups excluding carboxylic acids is 2. The minimum Gasteiger partial charge on any atom is -0.322 e. The predicted octanol–water partition coefficient (Wildman–Crippen LogP) is 5.20. The van der Waals surface area contributed by atoms with E-state index < -0.39 is 0 Å². The first-order valence-electron chi connectivity index (χ1n) is 8.27. The number of benzene rings is 3. The van der Waals surface area contributed by atoms with Gasteiger partial charge in [0.25, 0.3) is 5.91 Å². The summed E-state index contributed by atoms with van der Waals surface area (Å²) in [6.45, 7) is 1.83. The second-order valence-electron chi connectivity index (χ2n) is 5.75. The molecule has 0 saturated carbocycles. The van der Waals surface area contributed by atoms with E-state index in [9.17, 15) is 9.59 Å². The lowest BCUT2D eigenvalue weighted by Crippen LogP contribution is -2.11. The fraction of sp³-hybridized carbons (Fsp3) is 0.0909. The quantitative estimate of drug-likeness (QED) is 0.654. The highest BCUT2D eigenvalue weighted by atomic mass is 16.1. The number of ketones is 1. The van der Waals surface area contributed by atoms with Crippen LogP contribution in [0, 0.1) is 0 Å². The van der Waals surface area contributed by atoms with Crippen LogP contribution in [0.4, 0.5) is 5.69 Å². The first-order valence-corrected chi connectivity index (χ1v) is 8.27. The second kappa shape index (κ2) is 7.58. The molecule has 3 aromatic carbocycles. The maximum atomic E-state index is 12.4. The van der Waals surface area contributed by atoms with Gasteiger partial charge in [0.05, 0.1) is 0 Å². The van der Waals surface area contributed by atoms with E-state index in [2.05, 4.69) is 5.32 Å². The van der Waals surface area contributed by atoms with Crippen molar-refractivity contribution in [2.45, 2.75) is 13.3 Å². The minimum absolute atomic E-state index is 0.0920. The van der Waals surface area contributed by atoms with E-state index in [0.717, 1.165) is 11.1 Å². The average molecular weight is 329 g/mol. The van der Waals surface area contributed by atoms with E-state index in [0.29, 0.717) is 23.2 Å². The summed E-state index contributed by atoms with van der Waals surface area (Å²) in [5.41, 5.74) is 4.11. The molecule has 3 heteroatoms. The summed E-state index contributed by atoms with van der Waals surface area (Å²) in [5, 5.41) is 2.85. The van der Waals surface area contributed by atoms with Crippen LogP contribution in [0.25, 0.3) is 11.1 Å². The van der Waals surface area contributed by atoms with E-state index in [1.807, 2.05) is 61.5 Å². The van der Waals surface area contributed by atoms with E-state index in [4.69, 9.17) is 0 Å². The summed E-state index contributed by atoms with van der Waals surface area (Å²) in [6.07, 6.45) is 0.472. The maximum Gasteiger partial charge on any atom is 0.255 e. The zero-order chi connectivity index (χ0) is 17.6. The zero-order valence-electron chi connectivity index (χ0n) is 14.0. The Morgan fingerprint density at radius 1 is 0.720 bits per heavy atom. The number of anilines is 1. The standard InChI is InChI=1S/C22H19NO2/c1-2-21(24)18-12-14-20(15-13-18)23-22(25)19-10-8-17(9-11-19)16-6-4-3-5-7-16/h3-15H,2H2,1H3,(H,23,25). The molecule has 0 aliphatic carbocycles. The monoisotopic (exact) mass is 329 g/mol. The zero-order valence-corrected chi connectivity index (χ0v) is 14.0. The first-order chi connectivity index (χ1) is 12.2. The average Bonchev–Trinajstić information content (AvgIpc) is 2.68. The first kappa shape index (κ1) is 16.7. The fourth-order valence-electron chi connectivity index (χ4n) is 2.59. The van der Waals surface area contributed by atoms with Crippen molar-refractivity contribution in [3.8, 4) is 11.1 Å². The van der Waals surface area contributed by atoms with Gasteiger partial charge in [-0.1, -0.05) is 49.4 Å². The summed E-state index contributed by atoms with van der Waals surface area (Å²) < 4.78 is 0. The Balaban J connectivity index is 1.70. The Labute approximate surface area is 147 Å². The van der Waals surface area contributed by atoms with E-state index in [1.165, 1.54) is 0 Å². The van der Waals surface area contributed by atoms with Crippen molar-refractivity contribution in [1.29, 1.82) is 0 Å². The summed E-state index contributed by atoms with van der Waals surface area (Å²) in [7, 11) is 0. The molecule has 3 aromatic rings. The highest BCUT2D eigenvalue weighted by Gasteiger charge is 2.08. The van der Waals surface area contributed by atoms with Gasteiger partial charge in [0.1, 0.15) is 0 Å². The number of nitrogens with one attached hydrogen (secondary N) is 1. The van der Waals surface area contributed by atoms with Crippen molar-refractivity contribution in [2.75, 3.05) is 5.32 Å². The number of amides is 1. The Morgan fingerprint density at radius 2 is 1.28 bits per heavy atom. The molecule has 3 nitrogen and oxygen atoms in total. The van der Waals surface area contributed by atoms with E-state index in [-0.39, 0.29) is 11.7 Å². The van der Waals surface area contributed by atoms with Gasteiger partial charge in [-0.15, -0.1) is 0 Å². The van der Waals surface area contributed by atoms with Gasteiger partial charge in [0, 0.05) is 23.2 Å². The van der Waals surface area contributed by atoms with E-state index in [1.54, 1.807) is 24.3 Å². The smallest absolute Gasteiger partial charge is 0.255 e. The Bertz CT molecular complexity index is 866. The topological polar surface area (TPSA) is 46.2 Å². The Hall–Kier alpha value is -3.20. The van der Waals surface area contributed by atoms with Gasteiger partial charge < -0.3 is 5.32 Å². The van der Waals surface area contributed by atoms with Gasteiger partial charge >= 0.3 is 0 Å². The van der Waals surface area contributed by atoms with Gasteiger partial charge in [0.2, 0.25) is 0 Å². The molecular formula is C22H19NO2. The molecule has 124 valence electrons. The van der Waals surface area contributed by atoms with Crippen molar-refractivity contribution in [1.82, 2.24) is 0 Å². The predicted molar refractivity (Wildman–Crippen MR) is 101 cm³/mol. The summed E-state index contributed by atoms with van der Waals surface area (Å²) in [5.74, 6) is -0.0800. The summed E-state index contributed by atoms with van der Waals surface area (Å²) in [4.78, 5) is 24.0. The SMILES string of the molecule is CCC(=O)c1ccc(NC(=O)c2ccc(-c3ccccc3)cc2)cc1. The van der Waals surface area contributed by atoms with Crippen molar-refractivity contribution < 1.29 is 9.59 Å². The van der Waals surface area contributed by atoms with Crippen LogP contribution in [0.15, 0.2) is 78.9 Å². The van der Waals surface area contributed by atoms with Crippen LogP contribution in [-0.2, 0) is 0 Å². The van der Waals surface area contributed by atoms with Gasteiger partial charge in [-0.05, 0) is 47.5 Å². The van der Waals surface area contributed by atoms with Crippen LogP contribution in [0.3, 0.4) is 0 Å². The van der Waals surface area contributed by atoms with Crippen molar-refractivity contribution in [3.63, 3.8) is 0 Å². The molecule has 0 heterocycles. The van der Waals surface area contributed by atoms with Crippen LogP contribution in [0.2, 0.25) is 0 Å². The molecule has 0 aromatic heterocycles. The normalized spacial score (nSPS) is 10.3. The van der Waals surface area contributed by atoms with E-state index >= 15 is 0 Å². The second-order valence-corrected chi connectivity index (χ2v) is 5.75. The van der Waals surface area contributed by atoms with Crippen molar-refractivity contribution >= 4 is 17.4 Å². The highest BCUT2D eigenvalue weighted by molar-refractivity contribution is 6.05. The molecule has 0 aliphatic heterocycles. The largest absolute Gasteiger partial charge is 0.322 e. The molecule has 0 aliphatic rings. The molecule has 0 spiro atoms. The fourth-order valence-corrected chi connectivity index (χ4v) is 2.59. The van der Waals surface area contributed by atoms with Crippen LogP contribution < -0.4 is 5.32 Å². The molecular weight excluding hydrogens is 310 g/mol. The summed E-state index contributed by atoms with van der Waals surface area (Å²) >= 11 is 0. The lowest BCUT2D eigenvalue weighted by molar-refractivity contribution is 0.0987. The lowest BCUT2D eigenvalue weighted by atomic mass is 10.0. The minimum atomic E-state index is -0.172. The highest BCUT2D eigenvalue weighted by Crippen LogP contribution is 2.20. The number of hydrogen-bond acceptors (Lipinski definition) is 2. The van der Waals surface area contributed by atoms with Crippen LogP contribution >= 0.6 is 0 Å².